The van der Waals surface area contributed by atoms with Crippen LogP contribution in [0.3, 0.4) is 0 Å². The van der Waals surface area contributed by atoms with Crippen molar-refractivity contribution in [3.8, 4) is 0 Å². The molecule has 0 atom stereocenters. The van der Waals surface area contributed by atoms with Gasteiger partial charge in [0.05, 0.1) is 8.95 Å². The van der Waals surface area contributed by atoms with Gasteiger partial charge in [0.1, 0.15) is 11.6 Å². The fourth-order valence-electron chi connectivity index (χ4n) is 0.933. The first kappa shape index (κ1) is 10.1. The number of hydrogen-bond acceptors (Lipinski definition) is 0. The predicted octanol–water partition coefficient (Wildman–Crippen LogP) is 4.05. The van der Waals surface area contributed by atoms with Crippen LogP contribution in [0.25, 0.3) is 0 Å². The quantitative estimate of drug-likeness (QED) is 0.686. The standard InChI is InChI=1S/C8H6Br2F2/c1-2-4-7(11)5(9)3-6(10)8(4)12/h3H,2H2,1H3. The van der Waals surface area contributed by atoms with Crippen LogP contribution in [0.5, 0.6) is 0 Å². The van der Waals surface area contributed by atoms with E-state index >= 15 is 0 Å². The van der Waals surface area contributed by atoms with Gasteiger partial charge >= 0.3 is 0 Å². The Morgan fingerprint density at radius 1 is 1.17 bits per heavy atom. The summed E-state index contributed by atoms with van der Waals surface area (Å²) in [6.07, 6.45) is 0.343. The van der Waals surface area contributed by atoms with E-state index in [0.717, 1.165) is 0 Å². The summed E-state index contributed by atoms with van der Waals surface area (Å²) in [5.41, 5.74) is 0.108. The van der Waals surface area contributed by atoms with Crippen LogP contribution < -0.4 is 0 Å². The normalized spacial score (nSPS) is 10.4. The van der Waals surface area contributed by atoms with Crippen molar-refractivity contribution in [2.24, 2.45) is 0 Å². The molecule has 0 bridgehead atoms. The molecular weight excluding hydrogens is 294 g/mol. The van der Waals surface area contributed by atoms with Gasteiger partial charge in [-0.3, -0.25) is 0 Å². The van der Waals surface area contributed by atoms with Gasteiger partial charge in [-0.05, 0) is 44.3 Å². The van der Waals surface area contributed by atoms with E-state index in [1.165, 1.54) is 6.07 Å². The van der Waals surface area contributed by atoms with E-state index in [4.69, 9.17) is 0 Å². The molecule has 1 aromatic rings. The van der Waals surface area contributed by atoms with Crippen LogP contribution in [-0.2, 0) is 6.42 Å². The summed E-state index contributed by atoms with van der Waals surface area (Å²) in [6, 6.07) is 1.36. The topological polar surface area (TPSA) is 0 Å². The van der Waals surface area contributed by atoms with Gasteiger partial charge in [-0.15, -0.1) is 0 Å². The molecular formula is C8H6Br2F2. The molecule has 0 saturated carbocycles. The van der Waals surface area contributed by atoms with Gasteiger partial charge < -0.3 is 0 Å². The number of hydrogen-bond donors (Lipinski definition) is 0. The minimum Gasteiger partial charge on any atom is -0.205 e. The Bertz CT molecular complexity index is 284. The molecule has 0 N–H and O–H groups in total. The lowest BCUT2D eigenvalue weighted by molar-refractivity contribution is 0.550. The molecule has 0 radical (unpaired) electrons. The van der Waals surface area contributed by atoms with Crippen molar-refractivity contribution < 1.29 is 8.78 Å². The lowest BCUT2D eigenvalue weighted by Gasteiger charge is -2.05. The van der Waals surface area contributed by atoms with Crippen LogP contribution >= 0.6 is 31.9 Å². The van der Waals surface area contributed by atoms with Crippen molar-refractivity contribution in [1.29, 1.82) is 0 Å². The molecule has 4 heteroatoms. The second-order valence-corrected chi connectivity index (χ2v) is 4.01. The van der Waals surface area contributed by atoms with Crippen LogP contribution in [0.15, 0.2) is 15.0 Å². The van der Waals surface area contributed by atoms with E-state index in [1.807, 2.05) is 0 Å². The highest BCUT2D eigenvalue weighted by Gasteiger charge is 2.13. The average Bonchev–Trinajstić information content (AvgIpc) is 2.02. The van der Waals surface area contributed by atoms with E-state index in [0.29, 0.717) is 6.42 Å². The lowest BCUT2D eigenvalue weighted by Crippen LogP contribution is -1.95. The van der Waals surface area contributed by atoms with Crippen molar-refractivity contribution in [3.05, 3.63) is 32.2 Å². The molecule has 0 nitrogen and oxygen atoms in total. The fraction of sp³-hybridized carbons (Fsp3) is 0.250. The summed E-state index contributed by atoms with van der Waals surface area (Å²) in [7, 11) is 0. The number of halogens is 4. The Labute approximate surface area is 86.2 Å². The molecule has 0 amide bonds. The molecule has 0 aliphatic rings. The van der Waals surface area contributed by atoms with Crippen LogP contribution in [0, 0.1) is 11.6 Å². The summed E-state index contributed by atoms with van der Waals surface area (Å²) < 4.78 is 26.8. The third kappa shape index (κ3) is 1.69. The molecule has 1 rings (SSSR count). The van der Waals surface area contributed by atoms with Crippen LogP contribution in [-0.4, -0.2) is 0 Å². The van der Waals surface area contributed by atoms with Gasteiger partial charge in [0.25, 0.3) is 0 Å². The Hall–Kier alpha value is 0.0400. The van der Waals surface area contributed by atoms with Crippen molar-refractivity contribution in [3.63, 3.8) is 0 Å². The third-order valence-corrected chi connectivity index (χ3v) is 2.71. The predicted molar refractivity (Wildman–Crippen MR) is 51.1 cm³/mol. The highest BCUT2D eigenvalue weighted by molar-refractivity contribution is 9.11. The zero-order valence-corrected chi connectivity index (χ0v) is 9.47. The van der Waals surface area contributed by atoms with E-state index in [9.17, 15) is 8.78 Å². The zero-order chi connectivity index (χ0) is 9.30. The molecule has 0 saturated heterocycles. The summed E-state index contributed by atoms with van der Waals surface area (Å²) in [4.78, 5) is 0. The third-order valence-electron chi connectivity index (χ3n) is 1.56. The first-order chi connectivity index (χ1) is 5.57. The van der Waals surface area contributed by atoms with Gasteiger partial charge in [0.2, 0.25) is 0 Å². The maximum absolute atomic E-state index is 13.1. The maximum atomic E-state index is 13.1. The van der Waals surface area contributed by atoms with Gasteiger partial charge in [-0.25, -0.2) is 8.78 Å². The molecule has 0 fully saturated rings. The fourth-order valence-corrected chi connectivity index (χ4v) is 2.18. The minimum absolute atomic E-state index is 0.108. The van der Waals surface area contributed by atoms with Crippen LogP contribution in [0.2, 0.25) is 0 Å². The summed E-state index contributed by atoms with van der Waals surface area (Å²) in [6.45, 7) is 1.71. The van der Waals surface area contributed by atoms with Gasteiger partial charge in [0.15, 0.2) is 0 Å². The van der Waals surface area contributed by atoms with E-state index in [1.54, 1.807) is 6.92 Å². The van der Waals surface area contributed by atoms with Crippen molar-refractivity contribution in [2.45, 2.75) is 13.3 Å². The second-order valence-electron chi connectivity index (χ2n) is 2.30. The minimum atomic E-state index is -0.516. The van der Waals surface area contributed by atoms with Gasteiger partial charge in [0, 0.05) is 5.56 Å². The molecule has 66 valence electrons. The molecule has 12 heavy (non-hydrogen) atoms. The number of rotatable bonds is 1. The van der Waals surface area contributed by atoms with Crippen molar-refractivity contribution >= 4 is 31.9 Å². The molecule has 0 spiro atoms. The highest BCUT2D eigenvalue weighted by Crippen LogP contribution is 2.28. The van der Waals surface area contributed by atoms with Crippen molar-refractivity contribution in [2.75, 3.05) is 0 Å². The molecule has 0 aromatic heterocycles. The molecule has 0 aliphatic carbocycles. The molecule has 0 aliphatic heterocycles. The Balaban J connectivity index is 3.42. The number of benzene rings is 1. The summed E-state index contributed by atoms with van der Waals surface area (Å²) >= 11 is 6.00. The van der Waals surface area contributed by atoms with E-state index in [-0.39, 0.29) is 14.5 Å². The Morgan fingerprint density at radius 2 is 1.58 bits per heavy atom. The monoisotopic (exact) mass is 298 g/mol. The second kappa shape index (κ2) is 3.83. The van der Waals surface area contributed by atoms with Gasteiger partial charge in [-0.1, -0.05) is 6.92 Å². The van der Waals surface area contributed by atoms with E-state index in [2.05, 4.69) is 31.9 Å². The molecule has 0 unspecified atom stereocenters. The molecule has 1 aromatic carbocycles. The largest absolute Gasteiger partial charge is 0.205 e. The SMILES string of the molecule is CCc1c(F)c(Br)cc(Br)c1F. The zero-order valence-electron chi connectivity index (χ0n) is 6.30. The summed E-state index contributed by atoms with van der Waals surface area (Å²) in [5, 5.41) is 0. The first-order valence-electron chi connectivity index (χ1n) is 3.39. The molecule has 0 heterocycles. The van der Waals surface area contributed by atoms with Crippen LogP contribution in [0.1, 0.15) is 12.5 Å². The Morgan fingerprint density at radius 3 is 1.92 bits per heavy atom. The van der Waals surface area contributed by atoms with Crippen LogP contribution in [0.4, 0.5) is 8.78 Å². The first-order valence-corrected chi connectivity index (χ1v) is 4.98. The van der Waals surface area contributed by atoms with E-state index < -0.39 is 11.6 Å². The Kier molecular flexibility index (Phi) is 3.23. The lowest BCUT2D eigenvalue weighted by atomic mass is 10.1. The summed E-state index contributed by atoms with van der Waals surface area (Å²) in [5.74, 6) is -1.03. The van der Waals surface area contributed by atoms with Crippen molar-refractivity contribution in [1.82, 2.24) is 0 Å². The highest BCUT2D eigenvalue weighted by atomic mass is 79.9. The van der Waals surface area contributed by atoms with Gasteiger partial charge in [-0.2, -0.15) is 0 Å². The average molecular weight is 300 g/mol. The smallest absolute Gasteiger partial charge is 0.143 e. The maximum Gasteiger partial charge on any atom is 0.143 e.